The maximum absolute atomic E-state index is 6.13. The highest BCUT2D eigenvalue weighted by Gasteiger charge is 2.14. The van der Waals surface area contributed by atoms with Gasteiger partial charge in [-0.3, -0.25) is 0 Å². The molecule has 3 heteroatoms. The van der Waals surface area contributed by atoms with Crippen molar-refractivity contribution in [2.45, 2.75) is 10.9 Å². The van der Waals surface area contributed by atoms with E-state index in [2.05, 4.69) is 6.07 Å². The van der Waals surface area contributed by atoms with E-state index in [1.807, 2.05) is 36.6 Å². The Morgan fingerprint density at radius 1 is 1.20 bits per heavy atom. The standard InChI is InChI=1S/C12H13NOS/c1-15-11-7-3-2-5-9(11)12(13)10-6-4-8-14-10/h2-8,12H,13H2,1H3. The Hall–Kier alpha value is -1.19. The monoisotopic (exact) mass is 219 g/mol. The molecule has 1 aromatic heterocycles. The van der Waals surface area contributed by atoms with Gasteiger partial charge in [0.25, 0.3) is 0 Å². The van der Waals surface area contributed by atoms with E-state index in [-0.39, 0.29) is 6.04 Å². The molecule has 1 atom stereocenters. The van der Waals surface area contributed by atoms with Crippen LogP contribution in [-0.2, 0) is 0 Å². The van der Waals surface area contributed by atoms with Gasteiger partial charge < -0.3 is 10.2 Å². The molecule has 0 aliphatic rings. The van der Waals surface area contributed by atoms with Crippen LogP contribution in [0.5, 0.6) is 0 Å². The third-order valence-electron chi connectivity index (χ3n) is 2.32. The van der Waals surface area contributed by atoms with Crippen molar-refractivity contribution in [3.63, 3.8) is 0 Å². The van der Waals surface area contributed by atoms with E-state index in [1.54, 1.807) is 18.0 Å². The van der Waals surface area contributed by atoms with E-state index >= 15 is 0 Å². The van der Waals surface area contributed by atoms with Crippen molar-refractivity contribution in [2.75, 3.05) is 6.26 Å². The summed E-state index contributed by atoms with van der Waals surface area (Å²) in [5.41, 5.74) is 7.24. The Morgan fingerprint density at radius 3 is 2.67 bits per heavy atom. The SMILES string of the molecule is CSc1ccccc1C(N)c1ccco1. The smallest absolute Gasteiger partial charge is 0.125 e. The summed E-state index contributed by atoms with van der Waals surface area (Å²) in [6, 6.07) is 11.7. The molecule has 2 nitrogen and oxygen atoms in total. The first-order valence-electron chi connectivity index (χ1n) is 4.75. The summed E-state index contributed by atoms with van der Waals surface area (Å²) in [5.74, 6) is 0.802. The first kappa shape index (κ1) is 10.3. The summed E-state index contributed by atoms with van der Waals surface area (Å²) < 4.78 is 5.31. The minimum atomic E-state index is -0.177. The lowest BCUT2D eigenvalue weighted by molar-refractivity contribution is 0.488. The number of hydrogen-bond donors (Lipinski definition) is 1. The van der Waals surface area contributed by atoms with Gasteiger partial charge in [-0.1, -0.05) is 18.2 Å². The summed E-state index contributed by atoms with van der Waals surface area (Å²) >= 11 is 1.70. The number of furan rings is 1. The zero-order valence-electron chi connectivity index (χ0n) is 8.51. The lowest BCUT2D eigenvalue weighted by Crippen LogP contribution is -2.11. The highest BCUT2D eigenvalue weighted by molar-refractivity contribution is 7.98. The van der Waals surface area contributed by atoms with Gasteiger partial charge in [0.15, 0.2) is 0 Å². The van der Waals surface area contributed by atoms with Gasteiger partial charge in [-0.2, -0.15) is 0 Å². The van der Waals surface area contributed by atoms with Gasteiger partial charge in [0.1, 0.15) is 5.76 Å². The second kappa shape index (κ2) is 4.55. The molecular weight excluding hydrogens is 206 g/mol. The number of benzene rings is 1. The van der Waals surface area contributed by atoms with E-state index in [9.17, 15) is 0 Å². The topological polar surface area (TPSA) is 39.2 Å². The molecule has 0 saturated carbocycles. The normalized spacial score (nSPS) is 12.7. The van der Waals surface area contributed by atoms with Gasteiger partial charge in [-0.15, -0.1) is 11.8 Å². The van der Waals surface area contributed by atoms with E-state index in [0.717, 1.165) is 11.3 Å². The van der Waals surface area contributed by atoms with Crippen LogP contribution in [0.25, 0.3) is 0 Å². The highest BCUT2D eigenvalue weighted by Crippen LogP contribution is 2.28. The zero-order valence-corrected chi connectivity index (χ0v) is 9.33. The Kier molecular flexibility index (Phi) is 3.14. The van der Waals surface area contributed by atoms with Crippen LogP contribution in [-0.4, -0.2) is 6.26 Å². The Morgan fingerprint density at radius 2 is 2.00 bits per heavy atom. The van der Waals surface area contributed by atoms with Crippen molar-refractivity contribution in [2.24, 2.45) is 5.73 Å². The van der Waals surface area contributed by atoms with Crippen LogP contribution >= 0.6 is 11.8 Å². The molecule has 1 aromatic carbocycles. The van der Waals surface area contributed by atoms with Crippen molar-refractivity contribution in [1.82, 2.24) is 0 Å². The van der Waals surface area contributed by atoms with E-state index in [4.69, 9.17) is 10.2 Å². The molecule has 0 radical (unpaired) electrons. The number of hydrogen-bond acceptors (Lipinski definition) is 3. The Balaban J connectivity index is 2.37. The first-order valence-corrected chi connectivity index (χ1v) is 5.97. The molecule has 0 aliphatic carbocycles. The fourth-order valence-corrected chi connectivity index (χ4v) is 2.19. The molecule has 1 heterocycles. The Labute approximate surface area is 93.5 Å². The van der Waals surface area contributed by atoms with Gasteiger partial charge in [0.05, 0.1) is 12.3 Å². The molecule has 2 rings (SSSR count). The minimum Gasteiger partial charge on any atom is -0.467 e. The molecule has 78 valence electrons. The highest BCUT2D eigenvalue weighted by atomic mass is 32.2. The van der Waals surface area contributed by atoms with Gasteiger partial charge in [-0.05, 0) is 30.0 Å². The maximum Gasteiger partial charge on any atom is 0.125 e. The van der Waals surface area contributed by atoms with Crippen LogP contribution in [0.4, 0.5) is 0 Å². The largest absolute Gasteiger partial charge is 0.467 e. The van der Waals surface area contributed by atoms with Crippen molar-refractivity contribution in [3.8, 4) is 0 Å². The molecule has 0 bridgehead atoms. The van der Waals surface area contributed by atoms with Gasteiger partial charge in [-0.25, -0.2) is 0 Å². The van der Waals surface area contributed by atoms with Gasteiger partial charge in [0, 0.05) is 4.90 Å². The second-order valence-electron chi connectivity index (χ2n) is 3.24. The summed E-state index contributed by atoms with van der Waals surface area (Å²) in [6.45, 7) is 0. The predicted octanol–water partition coefficient (Wildman–Crippen LogP) is 3.05. The van der Waals surface area contributed by atoms with Gasteiger partial charge >= 0.3 is 0 Å². The van der Waals surface area contributed by atoms with Crippen LogP contribution in [0.3, 0.4) is 0 Å². The fraction of sp³-hybridized carbons (Fsp3) is 0.167. The van der Waals surface area contributed by atoms with Crippen LogP contribution in [0.2, 0.25) is 0 Å². The average Bonchev–Trinajstić information content (AvgIpc) is 2.81. The van der Waals surface area contributed by atoms with Crippen molar-refractivity contribution < 1.29 is 4.42 Å². The van der Waals surface area contributed by atoms with Crippen molar-refractivity contribution in [1.29, 1.82) is 0 Å². The zero-order chi connectivity index (χ0) is 10.7. The fourth-order valence-electron chi connectivity index (χ4n) is 1.54. The average molecular weight is 219 g/mol. The Bertz CT molecular complexity index is 425. The van der Waals surface area contributed by atoms with Gasteiger partial charge in [0.2, 0.25) is 0 Å². The molecular formula is C12H13NOS. The number of thioether (sulfide) groups is 1. The molecule has 0 aliphatic heterocycles. The summed E-state index contributed by atoms with van der Waals surface area (Å²) in [6.07, 6.45) is 3.70. The third kappa shape index (κ3) is 2.08. The summed E-state index contributed by atoms with van der Waals surface area (Å²) in [7, 11) is 0. The molecule has 2 N–H and O–H groups in total. The van der Waals surface area contributed by atoms with Crippen LogP contribution in [0.15, 0.2) is 52.0 Å². The lowest BCUT2D eigenvalue weighted by Gasteiger charge is -2.12. The first-order chi connectivity index (χ1) is 7.33. The maximum atomic E-state index is 6.13. The minimum absolute atomic E-state index is 0.177. The molecule has 1 unspecified atom stereocenters. The quantitative estimate of drug-likeness (QED) is 0.806. The number of nitrogens with two attached hydrogens (primary N) is 1. The molecule has 0 saturated heterocycles. The van der Waals surface area contributed by atoms with E-state index < -0.39 is 0 Å². The summed E-state index contributed by atoms with van der Waals surface area (Å²) in [5, 5.41) is 0. The number of rotatable bonds is 3. The van der Waals surface area contributed by atoms with Crippen molar-refractivity contribution in [3.05, 3.63) is 54.0 Å². The molecule has 0 spiro atoms. The molecule has 2 aromatic rings. The third-order valence-corrected chi connectivity index (χ3v) is 3.14. The van der Waals surface area contributed by atoms with E-state index in [0.29, 0.717) is 0 Å². The van der Waals surface area contributed by atoms with Crippen LogP contribution in [0.1, 0.15) is 17.4 Å². The molecule has 0 amide bonds. The molecule has 0 fully saturated rings. The van der Waals surface area contributed by atoms with Crippen LogP contribution < -0.4 is 5.73 Å². The van der Waals surface area contributed by atoms with Crippen molar-refractivity contribution >= 4 is 11.8 Å². The predicted molar refractivity (Wildman–Crippen MR) is 63.0 cm³/mol. The molecule has 15 heavy (non-hydrogen) atoms. The van der Waals surface area contributed by atoms with E-state index in [1.165, 1.54) is 4.90 Å². The summed E-state index contributed by atoms with van der Waals surface area (Å²) in [4.78, 5) is 1.20. The van der Waals surface area contributed by atoms with Crippen LogP contribution in [0, 0.1) is 0 Å². The lowest BCUT2D eigenvalue weighted by atomic mass is 10.1. The second-order valence-corrected chi connectivity index (χ2v) is 4.08.